The number of fused-ring (bicyclic) bond motifs is 3. The molecular formula is C72H49N. The fourth-order valence-corrected chi connectivity index (χ4v) is 10.9. The lowest BCUT2D eigenvalue weighted by Crippen LogP contribution is -2.09. The predicted molar refractivity (Wildman–Crippen MR) is 312 cm³/mol. The van der Waals surface area contributed by atoms with Crippen molar-refractivity contribution in [2.24, 2.45) is 0 Å². The molecule has 0 aliphatic rings. The predicted octanol–water partition coefficient (Wildman–Crippen LogP) is 20.3. The van der Waals surface area contributed by atoms with Crippen LogP contribution in [0.2, 0.25) is 0 Å². The summed E-state index contributed by atoms with van der Waals surface area (Å²) in [5, 5.41) is 7.52. The van der Waals surface area contributed by atoms with Crippen LogP contribution in [0.25, 0.3) is 110 Å². The molecule has 342 valence electrons. The molecule has 1 nitrogen and oxygen atoms in total. The zero-order chi connectivity index (χ0) is 48.5. The Bertz CT molecular complexity index is 4080. The molecule has 73 heavy (non-hydrogen) atoms. The summed E-state index contributed by atoms with van der Waals surface area (Å²) in [6, 6.07) is 108. The summed E-state index contributed by atoms with van der Waals surface area (Å²) in [4.78, 5) is 2.36. The third kappa shape index (κ3) is 8.33. The summed E-state index contributed by atoms with van der Waals surface area (Å²) in [5.41, 5.74) is 20.1. The van der Waals surface area contributed by atoms with Gasteiger partial charge in [0.1, 0.15) is 0 Å². The highest BCUT2D eigenvalue weighted by Crippen LogP contribution is 2.45. The van der Waals surface area contributed by atoms with Crippen molar-refractivity contribution < 1.29 is 0 Å². The van der Waals surface area contributed by atoms with Gasteiger partial charge in [-0.1, -0.05) is 243 Å². The summed E-state index contributed by atoms with van der Waals surface area (Å²) in [5.74, 6) is 0. The maximum atomic E-state index is 2.41. The van der Waals surface area contributed by atoms with Gasteiger partial charge in [0.2, 0.25) is 0 Å². The average Bonchev–Trinajstić information content (AvgIpc) is 3.47. The topological polar surface area (TPSA) is 3.24 Å². The molecule has 0 atom stereocenters. The first-order valence-corrected chi connectivity index (χ1v) is 25.1. The summed E-state index contributed by atoms with van der Waals surface area (Å²) in [6.07, 6.45) is 0. The zero-order valence-electron chi connectivity index (χ0n) is 40.2. The fraction of sp³-hybridized carbons (Fsp3) is 0. The Morgan fingerprint density at radius 3 is 1.05 bits per heavy atom. The highest BCUT2D eigenvalue weighted by atomic mass is 15.1. The number of hydrogen-bond acceptors (Lipinski definition) is 1. The van der Waals surface area contributed by atoms with Gasteiger partial charge in [0.15, 0.2) is 0 Å². The van der Waals surface area contributed by atoms with Gasteiger partial charge in [-0.05, 0) is 165 Å². The molecule has 0 N–H and O–H groups in total. The van der Waals surface area contributed by atoms with Crippen LogP contribution in [0.5, 0.6) is 0 Å². The van der Waals surface area contributed by atoms with Gasteiger partial charge in [0, 0.05) is 17.1 Å². The first-order valence-electron chi connectivity index (χ1n) is 25.1. The van der Waals surface area contributed by atoms with E-state index < -0.39 is 0 Å². The van der Waals surface area contributed by atoms with Gasteiger partial charge in [-0.3, -0.25) is 0 Å². The Hall–Kier alpha value is -9.56. The minimum Gasteiger partial charge on any atom is -0.311 e. The van der Waals surface area contributed by atoms with Crippen molar-refractivity contribution in [3.05, 3.63) is 297 Å². The number of rotatable bonds is 10. The number of nitrogens with zero attached hydrogens (tertiary/aromatic N) is 1. The number of hydrogen-bond donors (Lipinski definition) is 0. The largest absolute Gasteiger partial charge is 0.311 e. The monoisotopic (exact) mass is 927 g/mol. The van der Waals surface area contributed by atoms with Gasteiger partial charge in [-0.2, -0.15) is 0 Å². The van der Waals surface area contributed by atoms with Gasteiger partial charge in [0.05, 0.1) is 0 Å². The maximum Gasteiger partial charge on any atom is 0.0462 e. The van der Waals surface area contributed by atoms with Crippen LogP contribution in [0.15, 0.2) is 297 Å². The Labute approximate surface area is 427 Å². The molecule has 0 heterocycles. The van der Waals surface area contributed by atoms with Crippen molar-refractivity contribution in [1.29, 1.82) is 0 Å². The van der Waals surface area contributed by atoms with Crippen molar-refractivity contribution in [1.82, 2.24) is 0 Å². The van der Waals surface area contributed by atoms with Crippen LogP contribution in [0.1, 0.15) is 0 Å². The SMILES string of the molecule is c1ccc(-c2ccc(N(c3ccc(-c4cccc(-c5ccc6c(-c7ccccc7)c7ccccc7c(-c7ccccc7)c6c5)c4)cc3)c3ccc(-c4cccc(-c5cccc6ccccc56)c4)cc3)cc2)cc1. The Morgan fingerprint density at radius 2 is 0.507 bits per heavy atom. The first kappa shape index (κ1) is 43.5. The Morgan fingerprint density at radius 1 is 0.178 bits per heavy atom. The quantitative estimate of drug-likeness (QED) is 0.124. The van der Waals surface area contributed by atoms with E-state index in [1.165, 1.54) is 105 Å². The lowest BCUT2D eigenvalue weighted by atomic mass is 9.85. The minimum atomic E-state index is 1.09. The molecule has 0 bridgehead atoms. The molecule has 0 fully saturated rings. The van der Waals surface area contributed by atoms with Crippen LogP contribution >= 0.6 is 0 Å². The van der Waals surface area contributed by atoms with E-state index in [9.17, 15) is 0 Å². The lowest BCUT2D eigenvalue weighted by molar-refractivity contribution is 1.28. The second-order valence-electron chi connectivity index (χ2n) is 18.8. The summed E-state index contributed by atoms with van der Waals surface area (Å²) < 4.78 is 0. The summed E-state index contributed by atoms with van der Waals surface area (Å²) in [6.45, 7) is 0. The molecule has 13 rings (SSSR count). The van der Waals surface area contributed by atoms with Crippen molar-refractivity contribution in [2.45, 2.75) is 0 Å². The molecule has 0 aliphatic carbocycles. The minimum absolute atomic E-state index is 1.09. The molecule has 13 aromatic carbocycles. The molecule has 0 aliphatic heterocycles. The van der Waals surface area contributed by atoms with Crippen LogP contribution in [0, 0.1) is 0 Å². The van der Waals surface area contributed by atoms with Crippen molar-refractivity contribution in [3.63, 3.8) is 0 Å². The molecular weight excluding hydrogens is 879 g/mol. The molecule has 13 aromatic rings. The molecule has 0 unspecified atom stereocenters. The normalized spacial score (nSPS) is 11.3. The standard InChI is InChI=1S/C72H49N/c1-4-17-50(18-5-1)51-33-40-62(41-34-51)73(64-44-37-53(38-45-64)58-26-15-28-61(48-58)66-32-16-24-54-19-10-11-29-65(54)66)63-42-35-52(36-43-63)57-25-14-27-59(47-57)60-39-46-69-70(49-60)72(56-22-8-3-9-23-56)68-31-13-12-30-67(68)71(69)55-20-6-2-7-21-55/h1-49H. The van der Waals surface area contributed by atoms with E-state index in [0.717, 1.165) is 22.6 Å². The van der Waals surface area contributed by atoms with Crippen LogP contribution in [0.3, 0.4) is 0 Å². The molecule has 0 amide bonds. The van der Waals surface area contributed by atoms with E-state index in [1.54, 1.807) is 0 Å². The van der Waals surface area contributed by atoms with Gasteiger partial charge >= 0.3 is 0 Å². The van der Waals surface area contributed by atoms with E-state index in [0.29, 0.717) is 0 Å². The van der Waals surface area contributed by atoms with Crippen molar-refractivity contribution in [2.75, 3.05) is 4.90 Å². The molecule has 0 saturated carbocycles. The highest BCUT2D eigenvalue weighted by Gasteiger charge is 2.19. The van der Waals surface area contributed by atoms with Crippen molar-refractivity contribution >= 4 is 49.4 Å². The molecule has 1 heteroatoms. The second kappa shape index (κ2) is 19.0. The van der Waals surface area contributed by atoms with Crippen LogP contribution in [0.4, 0.5) is 17.1 Å². The van der Waals surface area contributed by atoms with Gasteiger partial charge in [0.25, 0.3) is 0 Å². The van der Waals surface area contributed by atoms with E-state index >= 15 is 0 Å². The molecule has 0 saturated heterocycles. The maximum absolute atomic E-state index is 2.41. The van der Waals surface area contributed by atoms with E-state index in [4.69, 9.17) is 0 Å². The van der Waals surface area contributed by atoms with Crippen LogP contribution in [-0.4, -0.2) is 0 Å². The third-order valence-corrected chi connectivity index (χ3v) is 14.5. The Kier molecular flexibility index (Phi) is 11.3. The lowest BCUT2D eigenvalue weighted by Gasteiger charge is -2.26. The average molecular weight is 928 g/mol. The number of benzene rings is 13. The molecule has 0 aromatic heterocycles. The van der Waals surface area contributed by atoms with Crippen LogP contribution < -0.4 is 4.90 Å². The van der Waals surface area contributed by atoms with E-state index in [1.807, 2.05) is 0 Å². The summed E-state index contributed by atoms with van der Waals surface area (Å²) in [7, 11) is 0. The van der Waals surface area contributed by atoms with Gasteiger partial charge < -0.3 is 4.90 Å². The zero-order valence-corrected chi connectivity index (χ0v) is 40.2. The van der Waals surface area contributed by atoms with Crippen LogP contribution in [-0.2, 0) is 0 Å². The first-order chi connectivity index (χ1) is 36.2. The number of anilines is 3. The van der Waals surface area contributed by atoms with Crippen molar-refractivity contribution in [3.8, 4) is 77.9 Å². The molecule has 0 radical (unpaired) electrons. The highest BCUT2D eigenvalue weighted by molar-refractivity contribution is 6.22. The van der Waals surface area contributed by atoms with E-state index in [2.05, 4.69) is 302 Å². The Balaban J connectivity index is 0.860. The summed E-state index contributed by atoms with van der Waals surface area (Å²) >= 11 is 0. The smallest absolute Gasteiger partial charge is 0.0462 e. The van der Waals surface area contributed by atoms with Gasteiger partial charge in [-0.15, -0.1) is 0 Å². The third-order valence-electron chi connectivity index (χ3n) is 14.5. The fourth-order valence-electron chi connectivity index (χ4n) is 10.9. The molecule has 0 spiro atoms. The second-order valence-corrected chi connectivity index (χ2v) is 18.8. The van der Waals surface area contributed by atoms with E-state index in [-0.39, 0.29) is 0 Å². The van der Waals surface area contributed by atoms with Gasteiger partial charge in [-0.25, -0.2) is 0 Å².